The van der Waals surface area contributed by atoms with Gasteiger partial charge in [0, 0.05) is 24.9 Å². The number of amides is 1. The lowest BCUT2D eigenvalue weighted by atomic mass is 10.1. The van der Waals surface area contributed by atoms with Gasteiger partial charge >= 0.3 is 0 Å². The highest BCUT2D eigenvalue weighted by Crippen LogP contribution is 2.00. The second-order valence-corrected chi connectivity index (χ2v) is 5.69. The first-order valence-electron chi connectivity index (χ1n) is 6.26. The van der Waals surface area contributed by atoms with E-state index in [1.807, 2.05) is 6.92 Å². The molecule has 0 aromatic carbocycles. The van der Waals surface area contributed by atoms with Gasteiger partial charge in [0.1, 0.15) is 0 Å². The van der Waals surface area contributed by atoms with Crippen molar-refractivity contribution in [2.45, 2.75) is 33.2 Å². The fourth-order valence-electron chi connectivity index (χ4n) is 1.09. The van der Waals surface area contributed by atoms with Crippen molar-refractivity contribution in [3.05, 3.63) is 0 Å². The highest BCUT2D eigenvalue weighted by molar-refractivity contribution is 7.99. The number of carbonyl (C=O) groups is 1. The van der Waals surface area contributed by atoms with Gasteiger partial charge in [0.15, 0.2) is 0 Å². The third-order valence-electron chi connectivity index (χ3n) is 2.54. The van der Waals surface area contributed by atoms with Crippen LogP contribution in [0.5, 0.6) is 0 Å². The summed E-state index contributed by atoms with van der Waals surface area (Å²) in [6.45, 7) is 7.69. The molecular formula is C12H26N2O2S. The summed E-state index contributed by atoms with van der Waals surface area (Å²) in [5, 5.41) is 14.6. The number of carbonyl (C=O) groups excluding carboxylic acids is 1. The zero-order valence-corrected chi connectivity index (χ0v) is 12.0. The summed E-state index contributed by atoms with van der Waals surface area (Å²) in [5.41, 5.74) is 0. The quantitative estimate of drug-likeness (QED) is 0.511. The first-order chi connectivity index (χ1) is 8.07. The van der Waals surface area contributed by atoms with Crippen molar-refractivity contribution in [2.75, 3.05) is 31.2 Å². The maximum Gasteiger partial charge on any atom is 0.234 e. The average molecular weight is 262 g/mol. The van der Waals surface area contributed by atoms with Gasteiger partial charge in [0.2, 0.25) is 5.91 Å². The predicted octanol–water partition coefficient (Wildman–Crippen LogP) is 0.852. The molecule has 0 rings (SSSR count). The van der Waals surface area contributed by atoms with E-state index in [0.717, 1.165) is 24.5 Å². The Morgan fingerprint density at radius 2 is 2.00 bits per heavy atom. The molecule has 4 nitrogen and oxygen atoms in total. The fourth-order valence-corrected chi connectivity index (χ4v) is 1.91. The lowest BCUT2D eigenvalue weighted by Crippen LogP contribution is -2.41. The van der Waals surface area contributed by atoms with Crippen molar-refractivity contribution in [2.24, 2.45) is 5.92 Å². The summed E-state index contributed by atoms with van der Waals surface area (Å²) in [5.74, 6) is 2.49. The first kappa shape index (κ1) is 16.7. The van der Waals surface area contributed by atoms with Crippen LogP contribution in [0.3, 0.4) is 0 Å². The minimum Gasteiger partial charge on any atom is -0.396 e. The van der Waals surface area contributed by atoms with Gasteiger partial charge in [0.25, 0.3) is 0 Å². The molecule has 1 atom stereocenters. The van der Waals surface area contributed by atoms with E-state index in [9.17, 15) is 4.79 Å². The Balaban J connectivity index is 3.33. The second-order valence-electron chi connectivity index (χ2n) is 4.47. The summed E-state index contributed by atoms with van der Waals surface area (Å²) < 4.78 is 0. The van der Waals surface area contributed by atoms with Crippen LogP contribution in [0, 0.1) is 5.92 Å². The normalized spacial score (nSPS) is 12.8. The molecule has 0 saturated heterocycles. The Kier molecular flexibility index (Phi) is 10.7. The summed E-state index contributed by atoms with van der Waals surface area (Å²) in [7, 11) is 0. The van der Waals surface area contributed by atoms with Crippen molar-refractivity contribution in [3.63, 3.8) is 0 Å². The number of aliphatic hydroxyl groups is 1. The Morgan fingerprint density at radius 3 is 2.59 bits per heavy atom. The number of aliphatic hydroxyl groups excluding tert-OH is 1. The van der Waals surface area contributed by atoms with Crippen LogP contribution >= 0.6 is 11.8 Å². The van der Waals surface area contributed by atoms with Gasteiger partial charge in [-0.25, -0.2) is 0 Å². The Morgan fingerprint density at radius 1 is 1.29 bits per heavy atom. The highest BCUT2D eigenvalue weighted by Gasteiger charge is 2.09. The third-order valence-corrected chi connectivity index (χ3v) is 3.61. The zero-order valence-electron chi connectivity index (χ0n) is 11.2. The molecular weight excluding hydrogens is 236 g/mol. The molecule has 0 aliphatic heterocycles. The van der Waals surface area contributed by atoms with Crippen LogP contribution in [-0.2, 0) is 4.79 Å². The smallest absolute Gasteiger partial charge is 0.234 e. The highest BCUT2D eigenvalue weighted by atomic mass is 32.2. The third kappa shape index (κ3) is 10.6. The summed E-state index contributed by atoms with van der Waals surface area (Å²) in [4.78, 5) is 11.5. The van der Waals surface area contributed by atoms with Crippen LogP contribution in [0.25, 0.3) is 0 Å². The van der Waals surface area contributed by atoms with Crippen molar-refractivity contribution in [1.82, 2.24) is 10.6 Å². The van der Waals surface area contributed by atoms with E-state index >= 15 is 0 Å². The molecule has 0 aromatic rings. The Hall–Kier alpha value is -0.260. The standard InChI is InChI=1S/C12H26N2O2S/c1-10(2)11(3)14-12(16)9-13-5-8-17-7-4-6-15/h10-11,13,15H,4-9H2,1-3H3,(H,14,16). The van der Waals surface area contributed by atoms with E-state index in [1.54, 1.807) is 11.8 Å². The molecule has 3 N–H and O–H groups in total. The lowest BCUT2D eigenvalue weighted by Gasteiger charge is -2.17. The number of rotatable bonds is 10. The Bertz CT molecular complexity index is 201. The van der Waals surface area contributed by atoms with Crippen LogP contribution in [0.4, 0.5) is 0 Å². The number of hydrogen-bond donors (Lipinski definition) is 3. The minimum absolute atomic E-state index is 0.0616. The van der Waals surface area contributed by atoms with Crippen molar-refractivity contribution < 1.29 is 9.90 Å². The number of nitrogens with one attached hydrogen (secondary N) is 2. The number of hydrogen-bond acceptors (Lipinski definition) is 4. The van der Waals surface area contributed by atoms with Crippen LogP contribution < -0.4 is 10.6 Å². The molecule has 17 heavy (non-hydrogen) atoms. The van der Waals surface area contributed by atoms with E-state index < -0.39 is 0 Å². The second kappa shape index (κ2) is 10.9. The molecule has 0 fully saturated rings. The molecule has 102 valence electrons. The average Bonchev–Trinajstić information content (AvgIpc) is 2.27. The van der Waals surface area contributed by atoms with Crippen molar-refractivity contribution >= 4 is 17.7 Å². The number of thioether (sulfide) groups is 1. The molecule has 0 radical (unpaired) electrons. The summed E-state index contributed by atoms with van der Waals surface area (Å²) in [6.07, 6.45) is 0.844. The molecule has 0 spiro atoms. The largest absolute Gasteiger partial charge is 0.396 e. The van der Waals surface area contributed by atoms with Gasteiger partial charge in [-0.2, -0.15) is 11.8 Å². The van der Waals surface area contributed by atoms with Gasteiger partial charge in [-0.1, -0.05) is 13.8 Å². The lowest BCUT2D eigenvalue weighted by molar-refractivity contribution is -0.121. The van der Waals surface area contributed by atoms with Gasteiger partial charge in [-0.15, -0.1) is 0 Å². The maximum absolute atomic E-state index is 11.5. The van der Waals surface area contributed by atoms with Gasteiger partial charge in [-0.05, 0) is 25.0 Å². The molecule has 5 heteroatoms. The summed E-state index contributed by atoms with van der Waals surface area (Å²) in [6, 6.07) is 0.225. The van der Waals surface area contributed by atoms with Gasteiger partial charge in [0.05, 0.1) is 6.54 Å². The van der Waals surface area contributed by atoms with Crippen LogP contribution in [0.15, 0.2) is 0 Å². The Labute approximate surface area is 109 Å². The van der Waals surface area contributed by atoms with E-state index in [2.05, 4.69) is 24.5 Å². The van der Waals surface area contributed by atoms with Crippen LogP contribution in [-0.4, -0.2) is 48.3 Å². The monoisotopic (exact) mass is 262 g/mol. The van der Waals surface area contributed by atoms with Gasteiger partial charge in [-0.3, -0.25) is 4.79 Å². The molecule has 1 unspecified atom stereocenters. The molecule has 0 heterocycles. The molecule has 0 aromatic heterocycles. The SMILES string of the molecule is CC(C)C(C)NC(=O)CNCCSCCCO. The molecule has 1 amide bonds. The fraction of sp³-hybridized carbons (Fsp3) is 0.917. The topological polar surface area (TPSA) is 61.4 Å². The van der Waals surface area contributed by atoms with Crippen molar-refractivity contribution in [3.8, 4) is 0 Å². The van der Waals surface area contributed by atoms with E-state index in [4.69, 9.17) is 5.11 Å². The van der Waals surface area contributed by atoms with Crippen LogP contribution in [0.1, 0.15) is 27.2 Å². The molecule has 0 aliphatic carbocycles. The zero-order chi connectivity index (χ0) is 13.1. The predicted molar refractivity (Wildman–Crippen MR) is 74.3 cm³/mol. The van der Waals surface area contributed by atoms with E-state index in [0.29, 0.717) is 12.5 Å². The summed E-state index contributed by atoms with van der Waals surface area (Å²) >= 11 is 1.79. The van der Waals surface area contributed by atoms with Gasteiger partial charge < -0.3 is 15.7 Å². The van der Waals surface area contributed by atoms with Crippen LogP contribution in [0.2, 0.25) is 0 Å². The maximum atomic E-state index is 11.5. The molecule has 0 bridgehead atoms. The van der Waals surface area contributed by atoms with E-state index in [1.165, 1.54) is 0 Å². The first-order valence-corrected chi connectivity index (χ1v) is 7.42. The molecule has 0 saturated carbocycles. The molecule has 0 aliphatic rings. The van der Waals surface area contributed by atoms with E-state index in [-0.39, 0.29) is 18.6 Å². The van der Waals surface area contributed by atoms with Crippen molar-refractivity contribution in [1.29, 1.82) is 0 Å². The minimum atomic E-state index is 0.0616.